The largest absolute Gasteiger partial charge is 0.467 e. The molecule has 0 atom stereocenters. The number of nitrogens with zero attached hydrogens (tertiary/aromatic N) is 3. The van der Waals surface area contributed by atoms with E-state index in [0.717, 1.165) is 31.6 Å². The first kappa shape index (κ1) is 27.3. The Morgan fingerprint density at radius 3 is 2.49 bits per heavy atom. The maximum atomic E-state index is 13.4. The molecule has 3 rings (SSSR count). The van der Waals surface area contributed by atoms with Crippen LogP contribution in [0.15, 0.2) is 47.1 Å². The van der Waals surface area contributed by atoms with Gasteiger partial charge in [0.2, 0.25) is 15.9 Å². The molecule has 1 aliphatic heterocycles. The number of carbonyl (C=O) groups excluding carboxylic acids is 1. The van der Waals surface area contributed by atoms with Gasteiger partial charge in [0.15, 0.2) is 0 Å². The second kappa shape index (κ2) is 13.7. The van der Waals surface area contributed by atoms with E-state index in [4.69, 9.17) is 9.15 Å². The molecular formula is C25H36FN3O5S. The van der Waals surface area contributed by atoms with Gasteiger partial charge in [-0.3, -0.25) is 9.69 Å². The number of amides is 1. The number of furan rings is 1. The Kier molecular flexibility index (Phi) is 10.7. The number of unbranched alkanes of at least 4 members (excludes halogenated alkanes) is 1. The standard InChI is InChI=1S/C25H36FN3O5S/c1-2-3-18-35(31,32)29(12-5-11-27-13-16-33-17-14-27)21-25(30)28(20-24-6-4-15-34-24)19-22-7-9-23(26)10-8-22/h4,6-10,15H,2-3,5,11-14,16-21H2,1H3. The smallest absolute Gasteiger partial charge is 0.238 e. The predicted molar refractivity (Wildman–Crippen MR) is 132 cm³/mol. The molecule has 0 unspecified atom stereocenters. The van der Waals surface area contributed by atoms with Gasteiger partial charge in [-0.2, -0.15) is 4.31 Å². The molecule has 1 aromatic heterocycles. The number of morpholine rings is 1. The fourth-order valence-corrected chi connectivity index (χ4v) is 5.58. The van der Waals surface area contributed by atoms with Gasteiger partial charge in [0.05, 0.1) is 38.3 Å². The lowest BCUT2D eigenvalue weighted by molar-refractivity contribution is -0.133. The SMILES string of the molecule is CCCCS(=O)(=O)N(CCCN1CCOCC1)CC(=O)N(Cc1ccc(F)cc1)Cc1ccco1. The number of carbonyl (C=O) groups is 1. The van der Waals surface area contributed by atoms with Gasteiger partial charge < -0.3 is 14.1 Å². The molecule has 1 fully saturated rings. The quantitative estimate of drug-likeness (QED) is 0.389. The zero-order valence-electron chi connectivity index (χ0n) is 20.4. The van der Waals surface area contributed by atoms with Gasteiger partial charge in [0, 0.05) is 26.2 Å². The second-order valence-corrected chi connectivity index (χ2v) is 10.9. The van der Waals surface area contributed by atoms with E-state index in [0.29, 0.717) is 31.8 Å². The van der Waals surface area contributed by atoms with Crippen molar-refractivity contribution in [1.29, 1.82) is 0 Å². The van der Waals surface area contributed by atoms with Gasteiger partial charge in [0.25, 0.3) is 0 Å². The summed E-state index contributed by atoms with van der Waals surface area (Å²) in [5, 5.41) is 0. The van der Waals surface area contributed by atoms with Crippen LogP contribution in [0.5, 0.6) is 0 Å². The number of halogens is 1. The Morgan fingerprint density at radius 2 is 1.83 bits per heavy atom. The van der Waals surface area contributed by atoms with E-state index in [-0.39, 0.29) is 43.7 Å². The molecule has 2 heterocycles. The van der Waals surface area contributed by atoms with Gasteiger partial charge in [0.1, 0.15) is 11.6 Å². The van der Waals surface area contributed by atoms with E-state index in [1.165, 1.54) is 22.7 Å². The van der Waals surface area contributed by atoms with Crippen LogP contribution in [0.3, 0.4) is 0 Å². The molecule has 8 nitrogen and oxygen atoms in total. The Morgan fingerprint density at radius 1 is 1.09 bits per heavy atom. The highest BCUT2D eigenvalue weighted by molar-refractivity contribution is 7.89. The molecule has 10 heteroatoms. The van der Waals surface area contributed by atoms with Crippen LogP contribution in [-0.2, 0) is 32.6 Å². The van der Waals surface area contributed by atoms with Crippen LogP contribution in [0.4, 0.5) is 4.39 Å². The highest BCUT2D eigenvalue weighted by Gasteiger charge is 2.27. The van der Waals surface area contributed by atoms with Crippen molar-refractivity contribution in [1.82, 2.24) is 14.1 Å². The van der Waals surface area contributed by atoms with Crippen molar-refractivity contribution >= 4 is 15.9 Å². The number of ether oxygens (including phenoxy) is 1. The molecule has 1 aliphatic rings. The summed E-state index contributed by atoms with van der Waals surface area (Å²) in [6, 6.07) is 9.44. The van der Waals surface area contributed by atoms with Crippen molar-refractivity contribution in [2.45, 2.75) is 39.3 Å². The summed E-state index contributed by atoms with van der Waals surface area (Å²) in [6.45, 7) is 6.17. The molecule has 0 radical (unpaired) electrons. The summed E-state index contributed by atoms with van der Waals surface area (Å²) < 4.78 is 51.7. The van der Waals surface area contributed by atoms with E-state index < -0.39 is 10.0 Å². The Labute approximate surface area is 207 Å². The van der Waals surface area contributed by atoms with E-state index in [9.17, 15) is 17.6 Å². The minimum absolute atomic E-state index is 0.0183. The first-order chi connectivity index (χ1) is 16.9. The average molecular weight is 510 g/mol. The fraction of sp³-hybridized carbons (Fsp3) is 0.560. The van der Waals surface area contributed by atoms with Crippen molar-refractivity contribution in [2.24, 2.45) is 0 Å². The zero-order chi connectivity index (χ0) is 25.1. The Hall–Kier alpha value is -2.27. The molecule has 1 amide bonds. The molecule has 0 saturated carbocycles. The maximum absolute atomic E-state index is 13.4. The van der Waals surface area contributed by atoms with Crippen LogP contribution in [0, 0.1) is 5.82 Å². The van der Waals surface area contributed by atoms with Crippen LogP contribution in [0.2, 0.25) is 0 Å². The van der Waals surface area contributed by atoms with Gasteiger partial charge in [-0.05, 0) is 49.2 Å². The lowest BCUT2D eigenvalue weighted by Crippen LogP contribution is -2.44. The fourth-order valence-electron chi connectivity index (χ4n) is 3.95. The summed E-state index contributed by atoms with van der Waals surface area (Å²) >= 11 is 0. The monoisotopic (exact) mass is 509 g/mol. The molecule has 1 saturated heterocycles. The lowest BCUT2D eigenvalue weighted by atomic mass is 10.2. The summed E-state index contributed by atoms with van der Waals surface area (Å²) in [5.74, 6) is -0.0683. The summed E-state index contributed by atoms with van der Waals surface area (Å²) in [5.41, 5.74) is 0.749. The number of rotatable bonds is 14. The first-order valence-electron chi connectivity index (χ1n) is 12.2. The number of benzene rings is 1. The zero-order valence-corrected chi connectivity index (χ0v) is 21.2. The third-order valence-corrected chi connectivity index (χ3v) is 7.92. The summed E-state index contributed by atoms with van der Waals surface area (Å²) in [7, 11) is -3.59. The molecule has 2 aromatic rings. The lowest BCUT2D eigenvalue weighted by Gasteiger charge is -2.29. The minimum atomic E-state index is -3.59. The van der Waals surface area contributed by atoms with Gasteiger partial charge in [-0.1, -0.05) is 25.5 Å². The summed E-state index contributed by atoms with van der Waals surface area (Å²) in [4.78, 5) is 17.2. The highest BCUT2D eigenvalue weighted by atomic mass is 32.2. The van der Waals surface area contributed by atoms with Crippen molar-refractivity contribution in [3.63, 3.8) is 0 Å². The van der Waals surface area contributed by atoms with Crippen LogP contribution in [-0.4, -0.2) is 80.1 Å². The van der Waals surface area contributed by atoms with Crippen LogP contribution in [0.25, 0.3) is 0 Å². The molecule has 0 spiro atoms. The molecular weight excluding hydrogens is 473 g/mol. The first-order valence-corrected chi connectivity index (χ1v) is 13.8. The Bertz CT molecular complexity index is 993. The maximum Gasteiger partial charge on any atom is 0.238 e. The second-order valence-electron chi connectivity index (χ2n) is 8.77. The van der Waals surface area contributed by atoms with E-state index >= 15 is 0 Å². The summed E-state index contributed by atoms with van der Waals surface area (Å²) in [6.07, 6.45) is 3.46. The molecule has 0 aliphatic carbocycles. The normalized spacial score (nSPS) is 14.9. The van der Waals surface area contributed by atoms with Crippen molar-refractivity contribution in [2.75, 3.05) is 51.7 Å². The molecule has 194 valence electrons. The topological polar surface area (TPSA) is 83.3 Å². The van der Waals surface area contributed by atoms with Gasteiger partial charge in [-0.25, -0.2) is 12.8 Å². The predicted octanol–water partition coefficient (Wildman–Crippen LogP) is 3.10. The average Bonchev–Trinajstić information content (AvgIpc) is 3.37. The van der Waals surface area contributed by atoms with Crippen molar-refractivity contribution in [3.8, 4) is 0 Å². The number of hydrogen-bond acceptors (Lipinski definition) is 6. The van der Waals surface area contributed by atoms with Crippen LogP contribution >= 0.6 is 0 Å². The highest BCUT2D eigenvalue weighted by Crippen LogP contribution is 2.14. The number of hydrogen-bond donors (Lipinski definition) is 0. The van der Waals surface area contributed by atoms with E-state index in [2.05, 4.69) is 4.90 Å². The third-order valence-electron chi connectivity index (χ3n) is 6.01. The van der Waals surface area contributed by atoms with Crippen molar-refractivity contribution in [3.05, 3.63) is 59.8 Å². The van der Waals surface area contributed by atoms with Gasteiger partial charge >= 0.3 is 0 Å². The van der Waals surface area contributed by atoms with Crippen LogP contribution < -0.4 is 0 Å². The molecule has 35 heavy (non-hydrogen) atoms. The van der Waals surface area contributed by atoms with Crippen LogP contribution in [0.1, 0.15) is 37.5 Å². The van der Waals surface area contributed by atoms with E-state index in [1.54, 1.807) is 29.2 Å². The molecule has 0 bridgehead atoms. The Balaban J connectivity index is 1.71. The van der Waals surface area contributed by atoms with E-state index in [1.807, 2.05) is 6.92 Å². The van der Waals surface area contributed by atoms with Crippen molar-refractivity contribution < 1.29 is 26.8 Å². The molecule has 0 N–H and O–H groups in total. The molecule has 1 aromatic carbocycles. The van der Waals surface area contributed by atoms with Gasteiger partial charge in [-0.15, -0.1) is 0 Å². The minimum Gasteiger partial charge on any atom is -0.467 e. The third kappa shape index (κ3) is 9.03. The number of sulfonamides is 1.